The van der Waals surface area contributed by atoms with Crippen LogP contribution >= 0.6 is 15.9 Å². The van der Waals surface area contributed by atoms with Crippen LogP contribution in [0.3, 0.4) is 0 Å². The molecule has 0 spiro atoms. The molecule has 1 aliphatic heterocycles. The molecule has 3 rings (SSSR count). The maximum absolute atomic E-state index is 12.2. The van der Waals surface area contributed by atoms with Gasteiger partial charge in [-0.1, -0.05) is 28.8 Å². The average molecular weight is 322 g/mol. The van der Waals surface area contributed by atoms with E-state index in [4.69, 9.17) is 4.74 Å². The minimum atomic E-state index is 0.0116. The lowest BCUT2D eigenvalue weighted by atomic mass is 10.1. The van der Waals surface area contributed by atoms with Gasteiger partial charge in [-0.05, 0) is 37.1 Å². The van der Waals surface area contributed by atoms with E-state index in [-0.39, 0.29) is 5.91 Å². The lowest BCUT2D eigenvalue weighted by Crippen LogP contribution is -2.35. The topological polar surface area (TPSA) is 38.3 Å². The summed E-state index contributed by atoms with van der Waals surface area (Å²) in [5, 5.41) is 3.10. The van der Waals surface area contributed by atoms with E-state index in [1.165, 1.54) is 12.8 Å². The first-order valence-electron chi connectivity index (χ1n) is 6.66. The number of fused-ring (bicyclic) bond motifs is 1. The summed E-state index contributed by atoms with van der Waals surface area (Å²) >= 11 is 3.43. The number of nitrogens with one attached hydrogen (secondary N) is 1. The number of halogens is 1. The van der Waals surface area contributed by atoms with E-state index in [1.54, 1.807) is 0 Å². The minimum absolute atomic E-state index is 0.0116. The van der Waals surface area contributed by atoms with Crippen molar-refractivity contribution in [1.29, 1.82) is 0 Å². The van der Waals surface area contributed by atoms with Crippen molar-refractivity contribution in [1.82, 2.24) is 5.32 Å². The van der Waals surface area contributed by atoms with Crippen molar-refractivity contribution < 1.29 is 9.53 Å². The molecule has 1 aromatic rings. The van der Waals surface area contributed by atoms with Gasteiger partial charge in [-0.25, -0.2) is 0 Å². The molecule has 1 fully saturated rings. The van der Waals surface area contributed by atoms with Crippen molar-refractivity contribution in [2.45, 2.75) is 31.7 Å². The molecule has 0 unspecified atom stereocenters. The molecular formula is C15H16BrNO2. The Morgan fingerprint density at radius 2 is 2.11 bits per heavy atom. The summed E-state index contributed by atoms with van der Waals surface area (Å²) < 4.78 is 6.62. The summed E-state index contributed by atoms with van der Waals surface area (Å²) in [6.45, 7) is 0.354. The highest BCUT2D eigenvalue weighted by molar-refractivity contribution is 9.10. The highest BCUT2D eigenvalue weighted by Gasteiger charge is 2.22. The maximum atomic E-state index is 12.2. The lowest BCUT2D eigenvalue weighted by molar-refractivity contribution is -0.118. The third-order valence-corrected chi connectivity index (χ3v) is 4.16. The van der Waals surface area contributed by atoms with E-state index in [1.807, 2.05) is 24.3 Å². The van der Waals surface area contributed by atoms with Crippen molar-refractivity contribution in [2.75, 3.05) is 6.61 Å². The van der Waals surface area contributed by atoms with Gasteiger partial charge in [0.15, 0.2) is 0 Å². The van der Waals surface area contributed by atoms with Gasteiger partial charge in [0.05, 0.1) is 5.57 Å². The number of ether oxygens (including phenoxy) is 1. The zero-order chi connectivity index (χ0) is 13.2. The van der Waals surface area contributed by atoms with E-state index in [0.29, 0.717) is 18.2 Å². The van der Waals surface area contributed by atoms with E-state index in [9.17, 15) is 4.79 Å². The molecule has 0 atom stereocenters. The highest BCUT2D eigenvalue weighted by Crippen LogP contribution is 2.29. The van der Waals surface area contributed by atoms with Crippen LogP contribution in [0.5, 0.6) is 5.75 Å². The van der Waals surface area contributed by atoms with Gasteiger partial charge in [0.1, 0.15) is 12.4 Å². The van der Waals surface area contributed by atoms with Crippen molar-refractivity contribution in [2.24, 2.45) is 0 Å². The number of carbonyl (C=O) groups is 1. The first kappa shape index (κ1) is 12.7. The fourth-order valence-corrected chi connectivity index (χ4v) is 3.01. The van der Waals surface area contributed by atoms with E-state index in [0.717, 1.165) is 28.6 Å². The lowest BCUT2D eigenvalue weighted by Gasteiger charge is -2.19. The molecule has 1 N–H and O–H groups in total. The van der Waals surface area contributed by atoms with Crippen LogP contribution in [0.2, 0.25) is 0 Å². The molecule has 1 saturated carbocycles. The zero-order valence-corrected chi connectivity index (χ0v) is 12.2. The Kier molecular flexibility index (Phi) is 3.60. The Bertz CT molecular complexity index is 533. The molecule has 1 heterocycles. The molecule has 1 amide bonds. The number of hydrogen-bond acceptors (Lipinski definition) is 2. The Morgan fingerprint density at radius 3 is 2.89 bits per heavy atom. The Labute approximate surface area is 121 Å². The average Bonchev–Trinajstić information content (AvgIpc) is 2.90. The molecular weight excluding hydrogens is 306 g/mol. The van der Waals surface area contributed by atoms with Crippen LogP contribution in [0.15, 0.2) is 28.2 Å². The van der Waals surface area contributed by atoms with Gasteiger partial charge in [-0.15, -0.1) is 0 Å². The van der Waals surface area contributed by atoms with Gasteiger partial charge in [0, 0.05) is 16.1 Å². The van der Waals surface area contributed by atoms with E-state index < -0.39 is 0 Å². The third-order valence-electron chi connectivity index (χ3n) is 3.67. The highest BCUT2D eigenvalue weighted by atomic mass is 79.9. The first-order chi connectivity index (χ1) is 9.22. The van der Waals surface area contributed by atoms with Gasteiger partial charge in [0.25, 0.3) is 5.91 Å². The summed E-state index contributed by atoms with van der Waals surface area (Å²) in [6.07, 6.45) is 6.56. The van der Waals surface area contributed by atoms with Gasteiger partial charge in [-0.2, -0.15) is 0 Å². The Morgan fingerprint density at radius 1 is 1.32 bits per heavy atom. The summed E-state index contributed by atoms with van der Waals surface area (Å²) in [5.74, 6) is 0.846. The maximum Gasteiger partial charge on any atom is 0.250 e. The molecule has 4 heteroatoms. The second-order valence-electron chi connectivity index (χ2n) is 5.10. The van der Waals surface area contributed by atoms with Crippen molar-refractivity contribution >= 4 is 27.9 Å². The second kappa shape index (κ2) is 5.37. The number of hydrogen-bond donors (Lipinski definition) is 1. The van der Waals surface area contributed by atoms with Crippen LogP contribution in [0.25, 0.3) is 6.08 Å². The molecule has 100 valence electrons. The molecule has 1 aliphatic carbocycles. The molecule has 0 aromatic heterocycles. The van der Waals surface area contributed by atoms with Crippen LogP contribution in [0, 0.1) is 0 Å². The summed E-state index contributed by atoms with van der Waals surface area (Å²) in [4.78, 5) is 12.2. The van der Waals surface area contributed by atoms with Crippen LogP contribution < -0.4 is 10.1 Å². The van der Waals surface area contributed by atoms with Crippen LogP contribution in [0.1, 0.15) is 31.2 Å². The van der Waals surface area contributed by atoms with Crippen molar-refractivity contribution in [3.8, 4) is 5.75 Å². The van der Waals surface area contributed by atoms with Crippen LogP contribution in [-0.2, 0) is 4.79 Å². The van der Waals surface area contributed by atoms with Crippen molar-refractivity contribution in [3.63, 3.8) is 0 Å². The fraction of sp³-hybridized carbons (Fsp3) is 0.400. The van der Waals surface area contributed by atoms with Gasteiger partial charge >= 0.3 is 0 Å². The van der Waals surface area contributed by atoms with Gasteiger partial charge in [0.2, 0.25) is 0 Å². The van der Waals surface area contributed by atoms with E-state index in [2.05, 4.69) is 21.2 Å². The Hall–Kier alpha value is -1.29. The van der Waals surface area contributed by atoms with Gasteiger partial charge < -0.3 is 10.1 Å². The molecule has 1 aromatic carbocycles. The second-order valence-corrected chi connectivity index (χ2v) is 6.01. The minimum Gasteiger partial charge on any atom is -0.488 e. The number of amides is 1. The van der Waals surface area contributed by atoms with Crippen molar-refractivity contribution in [3.05, 3.63) is 33.8 Å². The molecule has 0 saturated heterocycles. The van der Waals surface area contributed by atoms with E-state index >= 15 is 0 Å². The number of carbonyl (C=O) groups excluding carboxylic acids is 1. The number of benzene rings is 1. The Balaban J connectivity index is 1.76. The predicted molar refractivity (Wildman–Crippen MR) is 78.0 cm³/mol. The van der Waals surface area contributed by atoms with Crippen LogP contribution in [-0.4, -0.2) is 18.6 Å². The molecule has 2 aliphatic rings. The number of rotatable bonds is 2. The zero-order valence-electron chi connectivity index (χ0n) is 10.6. The normalized spacial score (nSPS) is 18.5. The monoisotopic (exact) mass is 321 g/mol. The van der Waals surface area contributed by atoms with Crippen LogP contribution in [0.4, 0.5) is 0 Å². The quantitative estimate of drug-likeness (QED) is 0.907. The molecule has 0 bridgehead atoms. The first-order valence-corrected chi connectivity index (χ1v) is 7.45. The fourth-order valence-electron chi connectivity index (χ4n) is 2.63. The summed E-state index contributed by atoms with van der Waals surface area (Å²) in [6, 6.07) is 6.17. The largest absolute Gasteiger partial charge is 0.488 e. The SMILES string of the molecule is O=C(NC1CCCC1)C1=Cc2cc(Br)ccc2OC1. The summed E-state index contributed by atoms with van der Waals surface area (Å²) in [5.41, 5.74) is 1.66. The molecule has 3 nitrogen and oxygen atoms in total. The molecule has 19 heavy (non-hydrogen) atoms. The van der Waals surface area contributed by atoms with Gasteiger partial charge in [-0.3, -0.25) is 4.79 Å². The molecule has 0 radical (unpaired) electrons. The predicted octanol–water partition coefficient (Wildman–Crippen LogP) is 3.28. The summed E-state index contributed by atoms with van der Waals surface area (Å²) in [7, 11) is 0. The standard InChI is InChI=1S/C15H16BrNO2/c16-12-5-6-14-10(8-12)7-11(9-19-14)15(18)17-13-3-1-2-4-13/h5-8,13H,1-4,9H2,(H,17,18). The third kappa shape index (κ3) is 2.84. The smallest absolute Gasteiger partial charge is 0.250 e.